The van der Waals surface area contributed by atoms with Crippen molar-refractivity contribution in [3.63, 3.8) is 0 Å². The van der Waals surface area contributed by atoms with Gasteiger partial charge in [-0.1, -0.05) is 24.3 Å². The van der Waals surface area contributed by atoms with Crippen molar-refractivity contribution < 1.29 is 19.0 Å². The first-order valence-corrected chi connectivity index (χ1v) is 10.3. The molecule has 0 spiro atoms. The molecule has 0 radical (unpaired) electrons. The minimum absolute atomic E-state index is 0.326. The van der Waals surface area contributed by atoms with E-state index in [2.05, 4.69) is 15.4 Å². The summed E-state index contributed by atoms with van der Waals surface area (Å²) in [6, 6.07) is 22.0. The van der Waals surface area contributed by atoms with Crippen molar-refractivity contribution in [3.8, 4) is 28.6 Å². The van der Waals surface area contributed by atoms with E-state index in [0.717, 1.165) is 22.6 Å². The van der Waals surface area contributed by atoms with Crippen LogP contribution in [0.4, 0.5) is 5.95 Å². The highest BCUT2D eigenvalue weighted by atomic mass is 16.5. The third kappa shape index (κ3) is 4.79. The number of hydrogen-bond acceptors (Lipinski definition) is 7. The van der Waals surface area contributed by atoms with Crippen molar-refractivity contribution in [1.29, 1.82) is 0 Å². The van der Waals surface area contributed by atoms with Gasteiger partial charge in [0.15, 0.2) is 5.82 Å². The van der Waals surface area contributed by atoms with Gasteiger partial charge in [0.2, 0.25) is 5.95 Å². The lowest BCUT2D eigenvalue weighted by Gasteiger charge is -2.10. The molecule has 0 saturated heterocycles. The third-order valence-electron chi connectivity index (χ3n) is 5.09. The molecule has 1 N–H and O–H groups in total. The average Bonchev–Trinajstić information content (AvgIpc) is 3.31. The molecule has 4 rings (SSSR count). The highest BCUT2D eigenvalue weighted by molar-refractivity contribution is 5.99. The highest BCUT2D eigenvalue weighted by Gasteiger charge is 2.21. The molecule has 0 aliphatic carbocycles. The van der Waals surface area contributed by atoms with E-state index in [4.69, 9.17) is 14.2 Å². The summed E-state index contributed by atoms with van der Waals surface area (Å²) in [6.07, 6.45) is 0. The summed E-state index contributed by atoms with van der Waals surface area (Å²) >= 11 is 0. The molecule has 0 aliphatic rings. The summed E-state index contributed by atoms with van der Waals surface area (Å²) in [6.45, 7) is 0.448. The zero-order valence-electron chi connectivity index (χ0n) is 18.6. The van der Waals surface area contributed by atoms with Crippen LogP contribution in [-0.4, -0.2) is 42.0 Å². The Bertz CT molecular complexity index is 1230. The highest BCUT2D eigenvalue weighted by Crippen LogP contribution is 2.24. The number of anilines is 1. The summed E-state index contributed by atoms with van der Waals surface area (Å²) in [5.41, 5.74) is 2.15. The number of carbonyl (C=O) groups excluding carboxylic acids is 1. The maximum Gasteiger partial charge on any atom is 0.285 e. The number of nitrogens with zero attached hydrogens (tertiary/aromatic N) is 3. The fourth-order valence-corrected chi connectivity index (χ4v) is 3.29. The van der Waals surface area contributed by atoms with Crippen LogP contribution in [0.5, 0.6) is 17.2 Å². The number of carbonyl (C=O) groups is 1. The van der Waals surface area contributed by atoms with Gasteiger partial charge in [0.05, 0.1) is 26.9 Å². The van der Waals surface area contributed by atoms with Crippen LogP contribution in [0, 0.1) is 0 Å². The molecule has 0 unspecified atom stereocenters. The van der Waals surface area contributed by atoms with Crippen LogP contribution >= 0.6 is 0 Å². The maximum atomic E-state index is 13.4. The molecule has 33 heavy (non-hydrogen) atoms. The summed E-state index contributed by atoms with van der Waals surface area (Å²) in [4.78, 5) is 18.0. The molecule has 1 aromatic heterocycles. The van der Waals surface area contributed by atoms with Crippen LogP contribution < -0.4 is 19.5 Å². The Labute approximate surface area is 191 Å². The van der Waals surface area contributed by atoms with Gasteiger partial charge in [-0.25, -0.2) is 0 Å². The molecule has 0 aliphatic heterocycles. The van der Waals surface area contributed by atoms with Crippen molar-refractivity contribution in [1.82, 2.24) is 14.8 Å². The molecule has 0 amide bonds. The zero-order valence-corrected chi connectivity index (χ0v) is 18.6. The van der Waals surface area contributed by atoms with E-state index in [9.17, 15) is 4.79 Å². The molecule has 1 heterocycles. The Hall–Kier alpha value is -4.33. The van der Waals surface area contributed by atoms with Crippen molar-refractivity contribution in [2.45, 2.75) is 6.54 Å². The lowest BCUT2D eigenvalue weighted by Crippen LogP contribution is -2.18. The Morgan fingerprint density at radius 2 is 1.48 bits per heavy atom. The first-order valence-electron chi connectivity index (χ1n) is 10.3. The van der Waals surface area contributed by atoms with Crippen LogP contribution in [0.1, 0.15) is 15.9 Å². The van der Waals surface area contributed by atoms with E-state index in [1.807, 2.05) is 54.6 Å². The quantitative estimate of drug-likeness (QED) is 0.434. The van der Waals surface area contributed by atoms with Crippen molar-refractivity contribution in [2.75, 3.05) is 26.6 Å². The molecule has 8 heteroatoms. The number of methoxy groups -OCH3 is 3. The third-order valence-corrected chi connectivity index (χ3v) is 5.09. The minimum atomic E-state index is -0.350. The van der Waals surface area contributed by atoms with Crippen LogP contribution in [0.15, 0.2) is 72.8 Å². The summed E-state index contributed by atoms with van der Waals surface area (Å²) < 4.78 is 17.1. The second kappa shape index (κ2) is 9.86. The van der Waals surface area contributed by atoms with Crippen LogP contribution in [0.2, 0.25) is 0 Å². The predicted octanol–water partition coefficient (Wildman–Crippen LogP) is 4.27. The molecule has 3 aromatic carbocycles. The van der Waals surface area contributed by atoms with Gasteiger partial charge in [-0.2, -0.15) is 9.67 Å². The predicted molar refractivity (Wildman–Crippen MR) is 125 cm³/mol. The molecule has 0 fully saturated rings. The Kier molecular flexibility index (Phi) is 6.54. The van der Waals surface area contributed by atoms with Crippen LogP contribution in [0.25, 0.3) is 11.4 Å². The van der Waals surface area contributed by atoms with Crippen molar-refractivity contribution >= 4 is 11.9 Å². The van der Waals surface area contributed by atoms with Crippen molar-refractivity contribution in [2.24, 2.45) is 0 Å². The fourth-order valence-electron chi connectivity index (χ4n) is 3.29. The fraction of sp³-hybridized carbons (Fsp3) is 0.160. The van der Waals surface area contributed by atoms with Gasteiger partial charge >= 0.3 is 0 Å². The van der Waals surface area contributed by atoms with Gasteiger partial charge in [0.1, 0.15) is 17.2 Å². The zero-order chi connectivity index (χ0) is 23.2. The Balaban J connectivity index is 1.68. The van der Waals surface area contributed by atoms with E-state index in [1.165, 1.54) is 11.8 Å². The second-order valence-electron chi connectivity index (χ2n) is 7.11. The number of rotatable bonds is 8. The van der Waals surface area contributed by atoms with Gasteiger partial charge in [0, 0.05) is 12.1 Å². The van der Waals surface area contributed by atoms with E-state index < -0.39 is 0 Å². The molecular formula is C25H24N4O4. The number of aromatic nitrogens is 3. The number of hydrogen-bond donors (Lipinski definition) is 1. The van der Waals surface area contributed by atoms with Gasteiger partial charge in [-0.05, 0) is 54.1 Å². The second-order valence-corrected chi connectivity index (χ2v) is 7.11. The largest absolute Gasteiger partial charge is 0.497 e. The maximum absolute atomic E-state index is 13.4. The normalized spacial score (nSPS) is 10.5. The number of nitrogens with one attached hydrogen (secondary N) is 1. The Morgan fingerprint density at radius 1 is 0.848 bits per heavy atom. The lowest BCUT2D eigenvalue weighted by atomic mass is 10.2. The Morgan fingerprint density at radius 3 is 2.12 bits per heavy atom. The van der Waals surface area contributed by atoms with Gasteiger partial charge in [-0.3, -0.25) is 4.79 Å². The summed E-state index contributed by atoms with van der Waals surface area (Å²) in [7, 11) is 4.76. The molecule has 168 valence electrons. The molecular weight excluding hydrogens is 420 g/mol. The average molecular weight is 444 g/mol. The standard InChI is InChI=1S/C25H24N4O4/c1-31-19-12-8-17(9-13-19)16-26-25-27-23(18-10-14-20(32-2)15-11-18)28-29(25)24(30)21-6-4-5-7-22(21)33-3/h4-15H,16H2,1-3H3,(H,26,27,28). The lowest BCUT2D eigenvalue weighted by molar-refractivity contribution is 0.0944. The monoisotopic (exact) mass is 444 g/mol. The van der Waals surface area contributed by atoms with Gasteiger partial charge in [0.25, 0.3) is 5.91 Å². The molecule has 0 bridgehead atoms. The molecule has 4 aromatic rings. The first kappa shape index (κ1) is 21.9. The van der Waals surface area contributed by atoms with E-state index in [0.29, 0.717) is 29.6 Å². The number of ether oxygens (including phenoxy) is 3. The van der Waals surface area contributed by atoms with Gasteiger partial charge in [-0.15, -0.1) is 5.10 Å². The molecule has 0 saturated carbocycles. The smallest absolute Gasteiger partial charge is 0.285 e. The van der Waals surface area contributed by atoms with Crippen LogP contribution in [-0.2, 0) is 6.54 Å². The first-order chi connectivity index (χ1) is 16.1. The van der Waals surface area contributed by atoms with Crippen LogP contribution in [0.3, 0.4) is 0 Å². The molecule has 0 atom stereocenters. The number of benzene rings is 3. The van der Waals surface area contributed by atoms with E-state index in [-0.39, 0.29) is 5.91 Å². The number of para-hydroxylation sites is 1. The van der Waals surface area contributed by atoms with Crippen molar-refractivity contribution in [3.05, 3.63) is 83.9 Å². The summed E-state index contributed by atoms with van der Waals surface area (Å²) in [5.74, 6) is 2.35. The summed E-state index contributed by atoms with van der Waals surface area (Å²) in [5, 5.41) is 7.73. The van der Waals surface area contributed by atoms with Gasteiger partial charge < -0.3 is 19.5 Å². The topological polar surface area (TPSA) is 87.5 Å². The van der Waals surface area contributed by atoms with E-state index >= 15 is 0 Å². The van der Waals surface area contributed by atoms with E-state index in [1.54, 1.807) is 32.4 Å². The SMILES string of the molecule is COc1ccc(CNc2nc(-c3ccc(OC)cc3)nn2C(=O)c2ccccc2OC)cc1. The minimum Gasteiger partial charge on any atom is -0.497 e. The molecule has 8 nitrogen and oxygen atoms in total.